The highest BCUT2D eigenvalue weighted by Gasteiger charge is 2.29. The van der Waals surface area contributed by atoms with Crippen molar-refractivity contribution in [2.45, 2.75) is 36.7 Å². The van der Waals surface area contributed by atoms with E-state index in [1.54, 1.807) is 17.4 Å². The van der Waals surface area contributed by atoms with Crippen LogP contribution in [0, 0.1) is 0 Å². The van der Waals surface area contributed by atoms with Crippen LogP contribution in [0.1, 0.15) is 35.9 Å². The van der Waals surface area contributed by atoms with Gasteiger partial charge in [0, 0.05) is 19.6 Å². The van der Waals surface area contributed by atoms with Crippen molar-refractivity contribution in [2.75, 3.05) is 32.8 Å². The molecule has 0 bridgehead atoms. The van der Waals surface area contributed by atoms with Crippen molar-refractivity contribution < 1.29 is 13.2 Å². The van der Waals surface area contributed by atoms with Crippen LogP contribution in [-0.2, 0) is 21.3 Å². The molecule has 0 aliphatic carbocycles. The Morgan fingerprint density at radius 1 is 1.03 bits per heavy atom. The summed E-state index contributed by atoms with van der Waals surface area (Å²) in [4.78, 5) is 7.74. The van der Waals surface area contributed by atoms with Crippen molar-refractivity contribution in [2.24, 2.45) is 0 Å². The van der Waals surface area contributed by atoms with Crippen LogP contribution < -0.4 is 0 Å². The number of piperidine rings is 1. The monoisotopic (exact) mass is 457 g/mol. The van der Waals surface area contributed by atoms with Gasteiger partial charge in [-0.25, -0.2) is 13.4 Å². The number of thiazole rings is 1. The first-order chi connectivity index (χ1) is 15.1. The molecule has 2 fully saturated rings. The summed E-state index contributed by atoms with van der Waals surface area (Å²) >= 11 is 1.78. The fourth-order valence-electron chi connectivity index (χ4n) is 4.47. The Hall–Kier alpha value is -1.84. The van der Waals surface area contributed by atoms with E-state index in [-0.39, 0.29) is 6.04 Å². The van der Waals surface area contributed by atoms with Crippen molar-refractivity contribution >= 4 is 31.6 Å². The number of hydrogen-bond acceptors (Lipinski definition) is 6. The minimum Gasteiger partial charge on any atom is -0.379 e. The number of aromatic nitrogens is 1. The zero-order chi connectivity index (χ0) is 21.3. The average Bonchev–Trinajstić information content (AvgIpc) is 3.24. The Morgan fingerprint density at radius 3 is 2.71 bits per heavy atom. The van der Waals surface area contributed by atoms with Crippen molar-refractivity contribution in [3.63, 3.8) is 0 Å². The molecule has 0 amide bonds. The van der Waals surface area contributed by atoms with E-state index in [1.165, 1.54) is 15.4 Å². The first kappa shape index (κ1) is 21.0. The molecule has 2 aliphatic rings. The van der Waals surface area contributed by atoms with Crippen molar-refractivity contribution in [3.05, 3.63) is 59.1 Å². The standard InChI is InChI=1S/C23H27N3O3S2/c27-31(28,26-12-14-29-15-13-26)19-7-5-6-18(16-19)17-25-11-4-3-9-21(25)23-24-20-8-1-2-10-22(20)30-23/h1-2,5-8,10,16,21H,3-4,9,11-15,17H2/t21-/m1/s1. The number of nitrogens with zero attached hydrogens (tertiary/aromatic N) is 3. The van der Waals surface area contributed by atoms with Gasteiger partial charge in [0.25, 0.3) is 0 Å². The predicted octanol–water partition coefficient (Wildman–Crippen LogP) is 4.04. The van der Waals surface area contributed by atoms with E-state index >= 15 is 0 Å². The zero-order valence-corrected chi connectivity index (χ0v) is 19.1. The molecular weight excluding hydrogens is 430 g/mol. The molecule has 0 saturated carbocycles. The number of rotatable bonds is 5. The average molecular weight is 458 g/mol. The smallest absolute Gasteiger partial charge is 0.243 e. The van der Waals surface area contributed by atoms with Crippen molar-refractivity contribution in [3.8, 4) is 0 Å². The molecule has 5 rings (SSSR count). The second-order valence-corrected chi connectivity index (χ2v) is 11.2. The first-order valence-electron chi connectivity index (χ1n) is 10.9. The quantitative estimate of drug-likeness (QED) is 0.579. The van der Waals surface area contributed by atoms with E-state index in [2.05, 4.69) is 23.1 Å². The molecule has 1 atom stereocenters. The lowest BCUT2D eigenvalue weighted by Gasteiger charge is -2.34. The molecule has 31 heavy (non-hydrogen) atoms. The van der Waals surface area contributed by atoms with Gasteiger partial charge in [-0.1, -0.05) is 30.7 Å². The van der Waals surface area contributed by atoms with E-state index in [0.717, 1.165) is 42.0 Å². The summed E-state index contributed by atoms with van der Waals surface area (Å²) in [5.41, 5.74) is 2.09. The van der Waals surface area contributed by atoms with Crippen LogP contribution in [0.5, 0.6) is 0 Å². The third-order valence-electron chi connectivity index (χ3n) is 6.10. The van der Waals surface area contributed by atoms with Gasteiger partial charge in [-0.3, -0.25) is 4.90 Å². The van der Waals surface area contributed by atoms with Crippen LogP contribution in [0.15, 0.2) is 53.4 Å². The van der Waals surface area contributed by atoms with Crippen LogP contribution in [0.2, 0.25) is 0 Å². The Morgan fingerprint density at radius 2 is 1.87 bits per heavy atom. The molecule has 164 valence electrons. The molecular formula is C23H27N3O3S2. The number of ether oxygens (including phenoxy) is 1. The van der Waals surface area contributed by atoms with Gasteiger partial charge in [-0.2, -0.15) is 4.31 Å². The molecule has 1 aromatic heterocycles. The zero-order valence-electron chi connectivity index (χ0n) is 17.4. The molecule has 0 N–H and O–H groups in total. The molecule has 0 radical (unpaired) electrons. The highest BCUT2D eigenvalue weighted by molar-refractivity contribution is 7.89. The predicted molar refractivity (Wildman–Crippen MR) is 123 cm³/mol. The van der Waals surface area contributed by atoms with E-state index < -0.39 is 10.0 Å². The summed E-state index contributed by atoms with van der Waals surface area (Å²) in [7, 11) is -3.48. The van der Waals surface area contributed by atoms with Gasteiger partial charge in [-0.15, -0.1) is 11.3 Å². The third kappa shape index (κ3) is 4.40. The summed E-state index contributed by atoms with van der Waals surface area (Å²) in [6.45, 7) is 3.47. The molecule has 2 aliphatic heterocycles. The first-order valence-corrected chi connectivity index (χ1v) is 13.1. The van der Waals surface area contributed by atoms with Crippen molar-refractivity contribution in [1.82, 2.24) is 14.2 Å². The lowest BCUT2D eigenvalue weighted by Crippen LogP contribution is -2.40. The number of morpholine rings is 1. The second-order valence-electron chi connectivity index (χ2n) is 8.17. The summed E-state index contributed by atoms with van der Waals surface area (Å²) in [6, 6.07) is 16.0. The van der Waals surface area contributed by atoms with Gasteiger partial charge in [0.05, 0.1) is 34.4 Å². The maximum atomic E-state index is 13.1. The highest BCUT2D eigenvalue weighted by Crippen LogP contribution is 2.36. The molecule has 0 spiro atoms. The van der Waals surface area contributed by atoms with Crippen molar-refractivity contribution in [1.29, 1.82) is 0 Å². The maximum Gasteiger partial charge on any atom is 0.243 e. The van der Waals surface area contributed by atoms with Gasteiger partial charge in [0.15, 0.2) is 0 Å². The Balaban J connectivity index is 1.38. The van der Waals surface area contributed by atoms with Crippen LogP contribution >= 0.6 is 11.3 Å². The van der Waals surface area contributed by atoms with Gasteiger partial charge >= 0.3 is 0 Å². The number of sulfonamides is 1. The van der Waals surface area contributed by atoms with Gasteiger partial charge in [0.2, 0.25) is 10.0 Å². The number of para-hydroxylation sites is 1. The SMILES string of the molecule is O=S(=O)(c1cccc(CN2CCCC[C@@H]2c2nc3ccccc3s2)c1)N1CCOCC1. The maximum absolute atomic E-state index is 13.1. The molecule has 6 nitrogen and oxygen atoms in total. The lowest BCUT2D eigenvalue weighted by molar-refractivity contribution is 0.0730. The minimum absolute atomic E-state index is 0.283. The number of fused-ring (bicyclic) bond motifs is 1. The van der Waals surface area contributed by atoms with Crippen LogP contribution in [-0.4, -0.2) is 55.5 Å². The Kier molecular flexibility index (Phi) is 6.08. The van der Waals surface area contributed by atoms with Gasteiger partial charge in [0.1, 0.15) is 5.01 Å². The number of likely N-dealkylation sites (tertiary alicyclic amines) is 1. The highest BCUT2D eigenvalue weighted by atomic mass is 32.2. The van der Waals surface area contributed by atoms with E-state index in [0.29, 0.717) is 31.2 Å². The molecule has 3 heterocycles. The van der Waals surface area contributed by atoms with Crippen LogP contribution in [0.3, 0.4) is 0 Å². The van der Waals surface area contributed by atoms with E-state index in [9.17, 15) is 8.42 Å². The van der Waals surface area contributed by atoms with Gasteiger partial charge in [-0.05, 0) is 49.2 Å². The molecule has 8 heteroatoms. The normalized spacial score (nSPS) is 21.5. The third-order valence-corrected chi connectivity index (χ3v) is 9.13. The fourth-order valence-corrected chi connectivity index (χ4v) is 7.08. The minimum atomic E-state index is -3.48. The topological polar surface area (TPSA) is 62.7 Å². The molecule has 2 aromatic carbocycles. The van der Waals surface area contributed by atoms with Gasteiger partial charge < -0.3 is 4.74 Å². The molecule has 2 saturated heterocycles. The second kappa shape index (κ2) is 8.96. The molecule has 3 aromatic rings. The largest absolute Gasteiger partial charge is 0.379 e. The Bertz CT molecular complexity index is 1120. The lowest BCUT2D eigenvalue weighted by atomic mass is 10.0. The van der Waals surface area contributed by atoms with E-state index in [4.69, 9.17) is 9.72 Å². The summed E-state index contributed by atoms with van der Waals surface area (Å²) < 4.78 is 34.2. The van der Waals surface area contributed by atoms with Crippen LogP contribution in [0.25, 0.3) is 10.2 Å². The summed E-state index contributed by atoms with van der Waals surface area (Å²) in [5.74, 6) is 0. The number of benzene rings is 2. The van der Waals surface area contributed by atoms with Crippen LogP contribution in [0.4, 0.5) is 0 Å². The molecule has 0 unspecified atom stereocenters. The summed E-state index contributed by atoms with van der Waals surface area (Å²) in [5, 5.41) is 1.16. The Labute approximate surface area is 187 Å². The van der Waals surface area contributed by atoms with E-state index in [1.807, 2.05) is 24.3 Å². The number of hydrogen-bond donors (Lipinski definition) is 0. The summed E-state index contributed by atoms with van der Waals surface area (Å²) in [6.07, 6.45) is 3.45. The fraction of sp³-hybridized carbons (Fsp3) is 0.435.